The lowest BCUT2D eigenvalue weighted by Crippen LogP contribution is -2.25. The number of hydrogen-bond acceptors (Lipinski definition) is 3. The van der Waals surface area contributed by atoms with Crippen molar-refractivity contribution in [3.8, 4) is 5.69 Å². The number of benzene rings is 2. The first-order valence-electron chi connectivity index (χ1n) is 8.64. The summed E-state index contributed by atoms with van der Waals surface area (Å²) in [6, 6.07) is 16.9. The Morgan fingerprint density at radius 2 is 1.73 bits per heavy atom. The predicted octanol–water partition coefficient (Wildman–Crippen LogP) is 3.52. The van der Waals surface area contributed by atoms with E-state index in [1.54, 1.807) is 23.0 Å². The van der Waals surface area contributed by atoms with Crippen LogP contribution >= 0.6 is 0 Å². The van der Waals surface area contributed by atoms with E-state index in [0.717, 1.165) is 16.8 Å². The molecule has 0 aliphatic heterocycles. The summed E-state index contributed by atoms with van der Waals surface area (Å²) in [7, 11) is -3.50. The second-order valence-corrected chi connectivity index (χ2v) is 8.27. The van der Waals surface area contributed by atoms with Gasteiger partial charge in [-0.05, 0) is 47.7 Å². The molecule has 0 radical (unpaired) electrons. The zero-order valence-corrected chi connectivity index (χ0v) is 15.8. The Morgan fingerprint density at radius 3 is 2.38 bits per heavy atom. The number of rotatable bonds is 7. The topological polar surface area (TPSA) is 64.0 Å². The quantitative estimate of drug-likeness (QED) is 0.693. The van der Waals surface area contributed by atoms with E-state index < -0.39 is 10.0 Å². The van der Waals surface area contributed by atoms with Gasteiger partial charge in [0.1, 0.15) is 0 Å². The van der Waals surface area contributed by atoms with Gasteiger partial charge in [-0.3, -0.25) is 0 Å². The molecular formula is C20H23N3O2S. The van der Waals surface area contributed by atoms with Crippen LogP contribution in [0.3, 0.4) is 0 Å². The van der Waals surface area contributed by atoms with Gasteiger partial charge in [0.2, 0.25) is 10.0 Å². The summed E-state index contributed by atoms with van der Waals surface area (Å²) in [5, 5.41) is 4.33. The fraction of sp³-hybridized carbons (Fsp3) is 0.250. The van der Waals surface area contributed by atoms with E-state index in [4.69, 9.17) is 0 Å². The van der Waals surface area contributed by atoms with Crippen molar-refractivity contribution in [3.63, 3.8) is 0 Å². The number of aromatic nitrogens is 2. The number of hydrogen-bond donors (Lipinski definition) is 1. The second-order valence-electron chi connectivity index (χ2n) is 6.50. The van der Waals surface area contributed by atoms with Crippen molar-refractivity contribution in [3.05, 3.63) is 78.1 Å². The third-order valence-electron chi connectivity index (χ3n) is 4.22. The summed E-state index contributed by atoms with van der Waals surface area (Å²) in [6.07, 6.45) is 4.26. The molecule has 0 fully saturated rings. The standard InChI is InChI=1S/C20H23N3O2S/c1-16(2)18-8-10-20(11-9-18)26(24,25)22-13-12-17-14-21-23(15-17)19-6-4-3-5-7-19/h3-11,14-16,22H,12-13H2,1-2H3. The van der Waals surface area contributed by atoms with Gasteiger partial charge in [0.05, 0.1) is 16.8 Å². The normalized spacial score (nSPS) is 11.8. The molecule has 1 aromatic heterocycles. The van der Waals surface area contributed by atoms with Crippen molar-refractivity contribution < 1.29 is 8.42 Å². The molecule has 0 aliphatic carbocycles. The highest BCUT2D eigenvalue weighted by Crippen LogP contribution is 2.17. The van der Waals surface area contributed by atoms with E-state index in [1.807, 2.05) is 48.7 Å². The maximum absolute atomic E-state index is 12.4. The maximum Gasteiger partial charge on any atom is 0.240 e. The lowest BCUT2D eigenvalue weighted by molar-refractivity contribution is 0.581. The fourth-order valence-corrected chi connectivity index (χ4v) is 3.69. The van der Waals surface area contributed by atoms with Crippen LogP contribution in [-0.4, -0.2) is 24.7 Å². The van der Waals surface area contributed by atoms with E-state index in [9.17, 15) is 8.42 Å². The van der Waals surface area contributed by atoms with E-state index >= 15 is 0 Å². The number of nitrogens with one attached hydrogen (secondary N) is 1. The summed E-state index contributed by atoms with van der Waals surface area (Å²) >= 11 is 0. The van der Waals surface area contributed by atoms with Crippen molar-refractivity contribution in [2.45, 2.75) is 31.1 Å². The third-order valence-corrected chi connectivity index (χ3v) is 5.70. The molecule has 3 aromatic rings. The van der Waals surface area contributed by atoms with Gasteiger partial charge in [0.25, 0.3) is 0 Å². The van der Waals surface area contributed by atoms with Gasteiger partial charge in [-0.25, -0.2) is 17.8 Å². The molecule has 136 valence electrons. The van der Waals surface area contributed by atoms with Gasteiger partial charge in [0, 0.05) is 12.7 Å². The zero-order valence-electron chi connectivity index (χ0n) is 15.0. The third kappa shape index (κ3) is 4.39. The molecule has 1 N–H and O–H groups in total. The SMILES string of the molecule is CC(C)c1ccc(S(=O)(=O)NCCc2cnn(-c3ccccc3)c2)cc1. The monoisotopic (exact) mass is 369 g/mol. The first-order chi connectivity index (χ1) is 12.5. The van der Waals surface area contributed by atoms with Crippen LogP contribution in [0.15, 0.2) is 71.9 Å². The van der Waals surface area contributed by atoms with Crippen molar-refractivity contribution in [1.29, 1.82) is 0 Å². The second kappa shape index (κ2) is 7.85. The van der Waals surface area contributed by atoms with Crippen molar-refractivity contribution in [2.24, 2.45) is 0 Å². The fourth-order valence-electron chi connectivity index (χ4n) is 2.66. The molecule has 2 aromatic carbocycles. The highest BCUT2D eigenvalue weighted by atomic mass is 32.2. The van der Waals surface area contributed by atoms with Crippen LogP contribution in [0.25, 0.3) is 5.69 Å². The summed E-state index contributed by atoms with van der Waals surface area (Å²) in [6.45, 7) is 4.49. The Hall–Kier alpha value is -2.44. The molecule has 5 nitrogen and oxygen atoms in total. The van der Waals surface area contributed by atoms with Gasteiger partial charge in [-0.15, -0.1) is 0 Å². The Kier molecular flexibility index (Phi) is 5.54. The number of sulfonamides is 1. The van der Waals surface area contributed by atoms with Crippen LogP contribution in [0.4, 0.5) is 0 Å². The van der Waals surface area contributed by atoms with E-state index in [2.05, 4.69) is 23.7 Å². The average molecular weight is 369 g/mol. The van der Waals surface area contributed by atoms with Crippen molar-refractivity contribution in [2.75, 3.05) is 6.54 Å². The van der Waals surface area contributed by atoms with Crippen LogP contribution in [0, 0.1) is 0 Å². The molecule has 0 atom stereocenters. The zero-order chi connectivity index (χ0) is 18.6. The van der Waals surface area contributed by atoms with Gasteiger partial charge in [-0.1, -0.05) is 44.2 Å². The minimum Gasteiger partial charge on any atom is -0.241 e. The molecule has 6 heteroatoms. The van der Waals surface area contributed by atoms with Crippen LogP contribution in [-0.2, 0) is 16.4 Å². The molecular weight excluding hydrogens is 346 g/mol. The van der Waals surface area contributed by atoms with Crippen LogP contribution in [0.5, 0.6) is 0 Å². The molecule has 3 rings (SSSR count). The summed E-state index contributed by atoms with van der Waals surface area (Å²) in [4.78, 5) is 0.293. The van der Waals surface area contributed by atoms with E-state index in [-0.39, 0.29) is 0 Å². The highest BCUT2D eigenvalue weighted by molar-refractivity contribution is 7.89. The summed E-state index contributed by atoms with van der Waals surface area (Å²) in [5.41, 5.74) is 3.08. The van der Waals surface area contributed by atoms with Crippen molar-refractivity contribution in [1.82, 2.24) is 14.5 Å². The Morgan fingerprint density at radius 1 is 1.04 bits per heavy atom. The predicted molar refractivity (Wildman–Crippen MR) is 103 cm³/mol. The van der Waals surface area contributed by atoms with E-state index in [0.29, 0.717) is 23.8 Å². The molecule has 0 unspecified atom stereocenters. The molecule has 0 spiro atoms. The minimum atomic E-state index is -3.50. The molecule has 0 amide bonds. The van der Waals surface area contributed by atoms with Crippen LogP contribution in [0.2, 0.25) is 0 Å². The van der Waals surface area contributed by atoms with Crippen LogP contribution in [0.1, 0.15) is 30.9 Å². The first-order valence-corrected chi connectivity index (χ1v) is 10.1. The molecule has 0 bridgehead atoms. The lowest BCUT2D eigenvalue weighted by atomic mass is 10.0. The van der Waals surface area contributed by atoms with Crippen molar-refractivity contribution >= 4 is 10.0 Å². The van der Waals surface area contributed by atoms with Gasteiger partial charge >= 0.3 is 0 Å². The highest BCUT2D eigenvalue weighted by Gasteiger charge is 2.14. The smallest absolute Gasteiger partial charge is 0.240 e. The first kappa shape index (κ1) is 18.4. The Balaban J connectivity index is 1.59. The number of para-hydroxylation sites is 1. The molecule has 1 heterocycles. The van der Waals surface area contributed by atoms with Gasteiger partial charge in [0.15, 0.2) is 0 Å². The summed E-state index contributed by atoms with van der Waals surface area (Å²) in [5.74, 6) is 0.376. The number of nitrogens with zero attached hydrogens (tertiary/aromatic N) is 2. The largest absolute Gasteiger partial charge is 0.241 e. The lowest BCUT2D eigenvalue weighted by Gasteiger charge is -2.09. The Labute approximate surface area is 154 Å². The average Bonchev–Trinajstić information content (AvgIpc) is 3.11. The molecule has 0 saturated carbocycles. The van der Waals surface area contributed by atoms with Crippen LogP contribution < -0.4 is 4.72 Å². The molecule has 0 saturated heterocycles. The Bertz CT molecular complexity index is 946. The van der Waals surface area contributed by atoms with Gasteiger partial charge < -0.3 is 0 Å². The van der Waals surface area contributed by atoms with Gasteiger partial charge in [-0.2, -0.15) is 5.10 Å². The molecule has 0 aliphatic rings. The van der Waals surface area contributed by atoms with E-state index in [1.165, 1.54) is 0 Å². The summed E-state index contributed by atoms with van der Waals surface area (Å²) < 4.78 is 29.2. The minimum absolute atomic E-state index is 0.293. The molecule has 26 heavy (non-hydrogen) atoms. The maximum atomic E-state index is 12.4.